The van der Waals surface area contributed by atoms with Crippen molar-refractivity contribution in [2.75, 3.05) is 13.1 Å². The van der Waals surface area contributed by atoms with Gasteiger partial charge in [0.05, 0.1) is 11.9 Å². The fourth-order valence-electron chi connectivity index (χ4n) is 3.59. The van der Waals surface area contributed by atoms with Gasteiger partial charge < -0.3 is 4.74 Å². The molecule has 0 spiro atoms. The fourth-order valence-corrected chi connectivity index (χ4v) is 3.59. The molecule has 134 valence electrons. The Labute approximate surface area is 154 Å². The Balaban J connectivity index is 1.36. The molecule has 1 aromatic carbocycles. The van der Waals surface area contributed by atoms with Crippen molar-refractivity contribution in [1.29, 1.82) is 0 Å². The number of benzene rings is 1. The highest BCUT2D eigenvalue weighted by Crippen LogP contribution is 2.27. The molecule has 4 rings (SSSR count). The minimum atomic E-state index is 0.497. The number of rotatable bonds is 6. The third-order valence-corrected chi connectivity index (χ3v) is 4.91. The topological polar surface area (TPSA) is 54.0 Å². The Morgan fingerprint density at radius 1 is 1.19 bits per heavy atom. The van der Waals surface area contributed by atoms with Crippen LogP contribution in [0, 0.1) is 0 Å². The standard InChI is InChI=1S/C21H24N4O/c1-2-9-22-20(7-1)16-26-21-8-3-5-17(11-21)14-25-10-4-6-18(15-25)19-12-23-24-13-19/h1-3,5,7-9,11-13,18H,4,6,10,14-16H2,(H,23,24)/t18-/m1/s1. The fraction of sp³-hybridized carbons (Fsp3) is 0.333. The Hall–Kier alpha value is -2.66. The molecule has 0 saturated carbocycles. The van der Waals surface area contributed by atoms with Gasteiger partial charge in [0.15, 0.2) is 0 Å². The number of hydrogen-bond donors (Lipinski definition) is 1. The highest BCUT2D eigenvalue weighted by molar-refractivity contribution is 5.29. The number of ether oxygens (including phenoxy) is 1. The Bertz CT molecular complexity index is 804. The smallest absolute Gasteiger partial charge is 0.130 e. The molecule has 0 bridgehead atoms. The number of aromatic amines is 1. The van der Waals surface area contributed by atoms with E-state index in [1.807, 2.05) is 36.7 Å². The van der Waals surface area contributed by atoms with E-state index in [1.165, 1.54) is 24.0 Å². The molecule has 0 aliphatic carbocycles. The van der Waals surface area contributed by atoms with E-state index in [-0.39, 0.29) is 0 Å². The minimum absolute atomic E-state index is 0.497. The lowest BCUT2D eigenvalue weighted by Crippen LogP contribution is -2.33. The zero-order valence-electron chi connectivity index (χ0n) is 14.8. The molecule has 5 nitrogen and oxygen atoms in total. The summed E-state index contributed by atoms with van der Waals surface area (Å²) in [5, 5.41) is 7.03. The number of pyridine rings is 1. The van der Waals surface area contributed by atoms with Crippen LogP contribution in [-0.2, 0) is 13.2 Å². The molecule has 3 aromatic rings. The summed E-state index contributed by atoms with van der Waals surface area (Å²) in [4.78, 5) is 6.83. The van der Waals surface area contributed by atoms with Crippen LogP contribution in [0.4, 0.5) is 0 Å². The van der Waals surface area contributed by atoms with Crippen LogP contribution in [0.15, 0.2) is 61.1 Å². The van der Waals surface area contributed by atoms with Gasteiger partial charge in [-0.25, -0.2) is 0 Å². The van der Waals surface area contributed by atoms with Crippen molar-refractivity contribution in [3.05, 3.63) is 77.9 Å². The summed E-state index contributed by atoms with van der Waals surface area (Å²) in [6.45, 7) is 3.68. The van der Waals surface area contributed by atoms with Crippen LogP contribution in [-0.4, -0.2) is 33.2 Å². The van der Waals surface area contributed by atoms with Gasteiger partial charge in [-0.3, -0.25) is 15.0 Å². The first-order valence-electron chi connectivity index (χ1n) is 9.19. The van der Waals surface area contributed by atoms with E-state index in [1.54, 1.807) is 6.20 Å². The summed E-state index contributed by atoms with van der Waals surface area (Å²) < 4.78 is 5.91. The van der Waals surface area contributed by atoms with E-state index in [4.69, 9.17) is 4.74 Å². The van der Waals surface area contributed by atoms with Crippen LogP contribution in [0.5, 0.6) is 5.75 Å². The van der Waals surface area contributed by atoms with Crippen molar-refractivity contribution < 1.29 is 4.74 Å². The van der Waals surface area contributed by atoms with Gasteiger partial charge in [0.1, 0.15) is 12.4 Å². The van der Waals surface area contributed by atoms with Gasteiger partial charge in [-0.15, -0.1) is 0 Å². The van der Waals surface area contributed by atoms with Crippen molar-refractivity contribution in [3.8, 4) is 5.75 Å². The monoisotopic (exact) mass is 348 g/mol. The van der Waals surface area contributed by atoms with Crippen LogP contribution >= 0.6 is 0 Å². The van der Waals surface area contributed by atoms with E-state index in [9.17, 15) is 0 Å². The third kappa shape index (κ3) is 4.29. The summed E-state index contributed by atoms with van der Waals surface area (Å²) in [6.07, 6.45) is 8.25. The maximum Gasteiger partial charge on any atom is 0.130 e. The number of nitrogens with one attached hydrogen (secondary N) is 1. The Morgan fingerprint density at radius 2 is 2.19 bits per heavy atom. The van der Waals surface area contributed by atoms with Gasteiger partial charge in [-0.05, 0) is 60.7 Å². The predicted octanol–water partition coefficient (Wildman–Crippen LogP) is 3.76. The van der Waals surface area contributed by atoms with Gasteiger partial charge in [0, 0.05) is 25.5 Å². The molecule has 1 N–H and O–H groups in total. The average molecular weight is 348 g/mol. The molecule has 2 aromatic heterocycles. The quantitative estimate of drug-likeness (QED) is 0.737. The van der Waals surface area contributed by atoms with Crippen LogP contribution in [0.2, 0.25) is 0 Å². The normalized spacial score (nSPS) is 17.9. The molecule has 1 aliphatic heterocycles. The summed E-state index contributed by atoms with van der Waals surface area (Å²) in [5.74, 6) is 1.47. The van der Waals surface area contributed by atoms with E-state index in [0.29, 0.717) is 12.5 Å². The molecule has 5 heteroatoms. The zero-order valence-corrected chi connectivity index (χ0v) is 14.8. The second kappa shape index (κ2) is 8.15. The van der Waals surface area contributed by atoms with Crippen molar-refractivity contribution >= 4 is 0 Å². The number of nitrogens with zero attached hydrogens (tertiary/aromatic N) is 3. The molecule has 1 fully saturated rings. The molecule has 0 unspecified atom stereocenters. The summed E-state index contributed by atoms with van der Waals surface area (Å²) in [7, 11) is 0. The highest BCUT2D eigenvalue weighted by atomic mass is 16.5. The third-order valence-electron chi connectivity index (χ3n) is 4.91. The molecule has 0 amide bonds. The van der Waals surface area contributed by atoms with Gasteiger partial charge in [-0.1, -0.05) is 18.2 Å². The number of likely N-dealkylation sites (tertiary alicyclic amines) is 1. The predicted molar refractivity (Wildman–Crippen MR) is 101 cm³/mol. The van der Waals surface area contributed by atoms with Crippen LogP contribution in [0.3, 0.4) is 0 Å². The number of hydrogen-bond acceptors (Lipinski definition) is 4. The van der Waals surface area contributed by atoms with E-state index >= 15 is 0 Å². The summed E-state index contributed by atoms with van der Waals surface area (Å²) in [6, 6.07) is 14.3. The van der Waals surface area contributed by atoms with Crippen LogP contribution < -0.4 is 4.74 Å². The van der Waals surface area contributed by atoms with Crippen molar-refractivity contribution in [2.45, 2.75) is 31.9 Å². The maximum atomic E-state index is 5.91. The Morgan fingerprint density at radius 3 is 3.04 bits per heavy atom. The van der Waals surface area contributed by atoms with Crippen LogP contribution in [0.25, 0.3) is 0 Å². The van der Waals surface area contributed by atoms with E-state index in [0.717, 1.165) is 31.1 Å². The van der Waals surface area contributed by atoms with Crippen LogP contribution in [0.1, 0.15) is 35.6 Å². The molecular weight excluding hydrogens is 324 g/mol. The largest absolute Gasteiger partial charge is 0.487 e. The highest BCUT2D eigenvalue weighted by Gasteiger charge is 2.22. The second-order valence-corrected chi connectivity index (χ2v) is 6.86. The second-order valence-electron chi connectivity index (χ2n) is 6.86. The number of piperidine rings is 1. The molecule has 0 radical (unpaired) electrons. The van der Waals surface area contributed by atoms with Crippen molar-refractivity contribution in [3.63, 3.8) is 0 Å². The molecule has 3 heterocycles. The molecule has 1 atom stereocenters. The van der Waals surface area contributed by atoms with Gasteiger partial charge in [0.2, 0.25) is 0 Å². The lowest BCUT2D eigenvalue weighted by atomic mass is 9.92. The first-order chi connectivity index (χ1) is 12.9. The zero-order chi connectivity index (χ0) is 17.6. The van der Waals surface area contributed by atoms with Gasteiger partial charge >= 0.3 is 0 Å². The first-order valence-corrected chi connectivity index (χ1v) is 9.19. The van der Waals surface area contributed by atoms with Gasteiger partial charge in [-0.2, -0.15) is 5.10 Å². The maximum absolute atomic E-state index is 5.91. The van der Waals surface area contributed by atoms with Crippen molar-refractivity contribution in [1.82, 2.24) is 20.1 Å². The lowest BCUT2D eigenvalue weighted by molar-refractivity contribution is 0.200. The Kier molecular flexibility index (Phi) is 5.26. The number of aromatic nitrogens is 3. The number of H-pyrrole nitrogens is 1. The molecular formula is C21H24N4O. The lowest BCUT2D eigenvalue weighted by Gasteiger charge is -2.32. The minimum Gasteiger partial charge on any atom is -0.487 e. The SMILES string of the molecule is c1ccc(COc2cccc(CN3CCC[C@@H](c4cn[nH]c4)C3)c2)nc1. The van der Waals surface area contributed by atoms with Crippen molar-refractivity contribution in [2.24, 2.45) is 0 Å². The van der Waals surface area contributed by atoms with Gasteiger partial charge in [0.25, 0.3) is 0 Å². The van der Waals surface area contributed by atoms with E-state index in [2.05, 4.69) is 38.3 Å². The molecule has 1 aliphatic rings. The average Bonchev–Trinajstić information content (AvgIpc) is 3.23. The summed E-state index contributed by atoms with van der Waals surface area (Å²) >= 11 is 0. The summed E-state index contributed by atoms with van der Waals surface area (Å²) in [5.41, 5.74) is 3.55. The van der Waals surface area contributed by atoms with E-state index < -0.39 is 0 Å². The first kappa shape index (κ1) is 16.8. The molecule has 1 saturated heterocycles. The molecule has 26 heavy (non-hydrogen) atoms.